The van der Waals surface area contributed by atoms with Crippen molar-refractivity contribution in [3.8, 4) is 0 Å². The van der Waals surface area contributed by atoms with E-state index in [4.69, 9.17) is 28.3 Å². The number of hydrogen-bond donors (Lipinski definition) is 1. The van der Waals surface area contributed by atoms with Crippen molar-refractivity contribution in [2.45, 2.75) is 13.2 Å². The highest BCUT2D eigenvalue weighted by Gasteiger charge is 2.06. The molecule has 2 aromatic rings. The molecular weight excluding hydrogens is 249 g/mol. The molecule has 16 heavy (non-hydrogen) atoms. The molecule has 4 nitrogen and oxygen atoms in total. The highest BCUT2D eigenvalue weighted by molar-refractivity contribution is 6.35. The summed E-state index contributed by atoms with van der Waals surface area (Å²) in [6.07, 6.45) is 1.40. The molecule has 0 atom stereocenters. The zero-order chi connectivity index (χ0) is 11.5. The number of aliphatic hydroxyl groups is 1. The smallest absolute Gasteiger partial charge is 0.152 e. The number of aliphatic hydroxyl groups excluding tert-OH is 1. The number of rotatable bonds is 3. The van der Waals surface area contributed by atoms with Crippen LogP contribution in [0.15, 0.2) is 24.5 Å². The molecule has 0 saturated heterocycles. The maximum atomic E-state index is 9.02. The molecule has 0 fully saturated rings. The molecule has 1 N–H and O–H groups in total. The zero-order valence-corrected chi connectivity index (χ0v) is 9.78. The van der Waals surface area contributed by atoms with E-state index in [2.05, 4.69) is 10.1 Å². The molecule has 1 aromatic carbocycles. The van der Waals surface area contributed by atoms with Gasteiger partial charge in [-0.05, 0) is 17.7 Å². The quantitative estimate of drug-likeness (QED) is 0.917. The summed E-state index contributed by atoms with van der Waals surface area (Å²) >= 11 is 11.8. The van der Waals surface area contributed by atoms with Crippen molar-refractivity contribution < 1.29 is 5.11 Å². The Bertz CT molecular complexity index is 499. The molecule has 1 heterocycles. The van der Waals surface area contributed by atoms with Gasteiger partial charge in [0.1, 0.15) is 12.9 Å². The summed E-state index contributed by atoms with van der Waals surface area (Å²) in [5.74, 6) is 0.506. The van der Waals surface area contributed by atoms with Gasteiger partial charge in [0, 0.05) is 10.0 Å². The molecule has 0 aliphatic rings. The molecule has 0 amide bonds. The predicted octanol–water partition coefficient (Wildman–Crippen LogP) is 2.13. The van der Waals surface area contributed by atoms with Crippen LogP contribution in [-0.4, -0.2) is 19.9 Å². The summed E-state index contributed by atoms with van der Waals surface area (Å²) in [7, 11) is 0. The van der Waals surface area contributed by atoms with E-state index in [0.717, 1.165) is 5.56 Å². The highest BCUT2D eigenvalue weighted by atomic mass is 35.5. The van der Waals surface area contributed by atoms with Gasteiger partial charge >= 0.3 is 0 Å². The van der Waals surface area contributed by atoms with Crippen LogP contribution in [0.1, 0.15) is 11.4 Å². The first kappa shape index (κ1) is 11.4. The Morgan fingerprint density at radius 3 is 2.81 bits per heavy atom. The lowest BCUT2D eigenvalue weighted by Crippen LogP contribution is -2.07. The number of hydrogen-bond acceptors (Lipinski definition) is 3. The number of nitrogens with zero attached hydrogens (tertiary/aromatic N) is 3. The molecule has 1 aromatic heterocycles. The molecule has 0 bridgehead atoms. The first-order chi connectivity index (χ1) is 7.70. The van der Waals surface area contributed by atoms with Gasteiger partial charge in [0.2, 0.25) is 0 Å². The zero-order valence-electron chi connectivity index (χ0n) is 8.27. The minimum Gasteiger partial charge on any atom is -0.388 e. The van der Waals surface area contributed by atoms with E-state index in [1.807, 2.05) is 6.07 Å². The number of aromatic nitrogens is 3. The van der Waals surface area contributed by atoms with Gasteiger partial charge in [0.15, 0.2) is 5.82 Å². The Kier molecular flexibility index (Phi) is 3.43. The molecule has 0 radical (unpaired) electrons. The molecule has 0 aliphatic heterocycles. The largest absolute Gasteiger partial charge is 0.388 e. The van der Waals surface area contributed by atoms with Crippen molar-refractivity contribution in [2.24, 2.45) is 0 Å². The lowest BCUT2D eigenvalue weighted by Gasteiger charge is -2.06. The van der Waals surface area contributed by atoms with Gasteiger partial charge in [-0.1, -0.05) is 29.3 Å². The first-order valence-corrected chi connectivity index (χ1v) is 5.38. The molecule has 0 aliphatic carbocycles. The third kappa shape index (κ3) is 2.35. The number of benzene rings is 1. The van der Waals surface area contributed by atoms with E-state index < -0.39 is 0 Å². The summed E-state index contributed by atoms with van der Waals surface area (Å²) in [6.45, 7) is 0.317. The first-order valence-electron chi connectivity index (χ1n) is 4.62. The third-order valence-electron chi connectivity index (χ3n) is 2.17. The Morgan fingerprint density at radius 2 is 2.12 bits per heavy atom. The summed E-state index contributed by atoms with van der Waals surface area (Å²) in [5.41, 5.74) is 0.881. The van der Waals surface area contributed by atoms with Crippen LogP contribution >= 0.6 is 23.2 Å². The van der Waals surface area contributed by atoms with Crippen molar-refractivity contribution >= 4 is 23.2 Å². The highest BCUT2D eigenvalue weighted by Crippen LogP contribution is 2.21. The van der Waals surface area contributed by atoms with Crippen LogP contribution in [0.2, 0.25) is 10.0 Å². The van der Waals surface area contributed by atoms with Crippen molar-refractivity contribution in [1.29, 1.82) is 0 Å². The number of halogens is 2. The summed E-state index contributed by atoms with van der Waals surface area (Å²) < 4.78 is 1.59. The topological polar surface area (TPSA) is 50.9 Å². The van der Waals surface area contributed by atoms with Gasteiger partial charge in [-0.3, -0.25) is 0 Å². The van der Waals surface area contributed by atoms with Crippen molar-refractivity contribution in [3.63, 3.8) is 0 Å². The minimum absolute atomic E-state index is 0.148. The normalized spacial score (nSPS) is 10.7. The van der Waals surface area contributed by atoms with Crippen LogP contribution in [-0.2, 0) is 13.2 Å². The Hall–Kier alpha value is -1.10. The Morgan fingerprint density at radius 1 is 1.31 bits per heavy atom. The molecule has 0 spiro atoms. The average Bonchev–Trinajstić information content (AvgIpc) is 2.69. The molecule has 6 heteroatoms. The summed E-state index contributed by atoms with van der Waals surface area (Å²) in [4.78, 5) is 3.91. The third-order valence-corrected chi connectivity index (χ3v) is 2.76. The van der Waals surface area contributed by atoms with Crippen LogP contribution in [0, 0.1) is 0 Å². The van der Waals surface area contributed by atoms with E-state index >= 15 is 0 Å². The van der Waals surface area contributed by atoms with Gasteiger partial charge < -0.3 is 5.11 Å². The van der Waals surface area contributed by atoms with E-state index in [1.165, 1.54) is 6.33 Å². The van der Waals surface area contributed by atoms with Crippen LogP contribution in [0.4, 0.5) is 0 Å². The van der Waals surface area contributed by atoms with Crippen LogP contribution in [0.25, 0.3) is 0 Å². The van der Waals surface area contributed by atoms with Crippen LogP contribution in [0.3, 0.4) is 0 Å². The van der Waals surface area contributed by atoms with E-state index in [9.17, 15) is 0 Å². The SMILES string of the molecule is OCc1ncnn1Cc1ccc(Cl)cc1Cl. The monoisotopic (exact) mass is 257 g/mol. The maximum Gasteiger partial charge on any atom is 0.152 e. The minimum atomic E-state index is -0.148. The second-order valence-corrected chi connectivity index (χ2v) is 4.07. The molecule has 0 saturated carbocycles. The lowest BCUT2D eigenvalue weighted by molar-refractivity contribution is 0.264. The van der Waals surface area contributed by atoms with Crippen LogP contribution in [0.5, 0.6) is 0 Å². The van der Waals surface area contributed by atoms with Gasteiger partial charge in [-0.25, -0.2) is 9.67 Å². The van der Waals surface area contributed by atoms with Gasteiger partial charge in [-0.2, -0.15) is 5.10 Å². The van der Waals surface area contributed by atoms with Gasteiger partial charge in [-0.15, -0.1) is 0 Å². The second-order valence-electron chi connectivity index (χ2n) is 3.23. The average molecular weight is 258 g/mol. The Labute approximate surface area is 102 Å². The van der Waals surface area contributed by atoms with E-state index in [1.54, 1.807) is 16.8 Å². The van der Waals surface area contributed by atoms with Gasteiger partial charge in [0.05, 0.1) is 6.54 Å². The Balaban J connectivity index is 2.27. The fourth-order valence-corrected chi connectivity index (χ4v) is 1.82. The summed E-state index contributed by atoms with van der Waals surface area (Å²) in [6, 6.07) is 5.26. The molecule has 2 rings (SSSR count). The fraction of sp³-hybridized carbons (Fsp3) is 0.200. The molecule has 0 unspecified atom stereocenters. The van der Waals surface area contributed by atoms with E-state index in [0.29, 0.717) is 22.4 Å². The van der Waals surface area contributed by atoms with Crippen molar-refractivity contribution in [3.05, 3.63) is 46.0 Å². The summed E-state index contributed by atoms with van der Waals surface area (Å²) in [5, 5.41) is 14.2. The van der Waals surface area contributed by atoms with Crippen LogP contribution < -0.4 is 0 Å². The predicted molar refractivity (Wildman–Crippen MR) is 61.5 cm³/mol. The molecule has 84 valence electrons. The fourth-order valence-electron chi connectivity index (χ4n) is 1.35. The van der Waals surface area contributed by atoms with Gasteiger partial charge in [0.25, 0.3) is 0 Å². The lowest BCUT2D eigenvalue weighted by atomic mass is 10.2. The van der Waals surface area contributed by atoms with Crippen molar-refractivity contribution in [2.75, 3.05) is 0 Å². The van der Waals surface area contributed by atoms with E-state index in [-0.39, 0.29) is 6.61 Å². The molecular formula is C10H9Cl2N3O. The maximum absolute atomic E-state index is 9.02. The second kappa shape index (κ2) is 4.82. The standard InChI is InChI=1S/C10H9Cl2N3O/c11-8-2-1-7(9(12)3-8)4-15-10(5-16)13-6-14-15/h1-3,6,16H,4-5H2. The van der Waals surface area contributed by atoms with Crippen molar-refractivity contribution in [1.82, 2.24) is 14.8 Å².